The van der Waals surface area contributed by atoms with Gasteiger partial charge in [0.25, 0.3) is 0 Å². The van der Waals surface area contributed by atoms with Crippen molar-refractivity contribution in [2.45, 2.75) is 58.5 Å². The molecule has 0 N–H and O–H groups in total. The molecule has 0 fully saturated rings. The summed E-state index contributed by atoms with van der Waals surface area (Å²) in [7, 11) is 0. The van der Waals surface area contributed by atoms with Crippen LogP contribution in [0, 0.1) is 5.92 Å². The van der Waals surface area contributed by atoms with Crippen LogP contribution in [0.2, 0.25) is 6.04 Å². The molecular weight excluding hydrogens is 359 g/mol. The Balaban J connectivity index is 2.02. The van der Waals surface area contributed by atoms with Crippen LogP contribution in [-0.4, -0.2) is 11.8 Å². The van der Waals surface area contributed by atoms with Crippen LogP contribution in [-0.2, 0) is 17.8 Å². The van der Waals surface area contributed by atoms with E-state index in [0.717, 1.165) is 30.6 Å². The minimum absolute atomic E-state index is 0.342. The Morgan fingerprint density at radius 2 is 2.05 bits per heavy atom. The Hall–Kier alpha value is 0.0669. The number of hydrogen-bond acceptors (Lipinski definition) is 2. The highest BCUT2D eigenvalue weighted by molar-refractivity contribution is 7.64. The molecule has 0 saturated carbocycles. The third-order valence-corrected chi connectivity index (χ3v) is 7.01. The molecule has 0 amide bonds. The molecule has 1 aliphatic heterocycles. The third-order valence-electron chi connectivity index (χ3n) is 4.39. The van der Waals surface area contributed by atoms with Crippen LogP contribution in [0.15, 0.2) is 18.2 Å². The summed E-state index contributed by atoms with van der Waals surface area (Å²) in [6, 6.07) is 4.46. The van der Waals surface area contributed by atoms with Crippen molar-refractivity contribution < 1.29 is 9.47 Å². The summed E-state index contributed by atoms with van der Waals surface area (Å²) in [6.45, 7) is 6.90. The summed E-state index contributed by atoms with van der Waals surface area (Å²) in [6.07, 6.45) is 2.83. The molecule has 6 heteroatoms. The van der Waals surface area contributed by atoms with Crippen molar-refractivity contribution >= 4 is 39.2 Å². The zero-order valence-corrected chi connectivity index (χ0v) is 16.6. The highest BCUT2D eigenvalue weighted by atomic mass is 35.8. The second kappa shape index (κ2) is 7.31. The number of fused-ring (bicyclic) bond motifs is 1. The molecule has 2 rings (SSSR count). The Morgan fingerprint density at radius 1 is 1.32 bits per heavy atom. The van der Waals surface area contributed by atoms with E-state index in [-0.39, 0.29) is 0 Å². The van der Waals surface area contributed by atoms with Gasteiger partial charge in [0.1, 0.15) is 5.75 Å². The molecule has 2 atom stereocenters. The van der Waals surface area contributed by atoms with Crippen molar-refractivity contribution in [1.29, 1.82) is 0 Å². The van der Waals surface area contributed by atoms with Crippen molar-refractivity contribution in [3.63, 3.8) is 0 Å². The van der Waals surface area contributed by atoms with Crippen molar-refractivity contribution in [3.05, 3.63) is 29.3 Å². The number of benzene rings is 1. The molecule has 2 unspecified atom stereocenters. The van der Waals surface area contributed by atoms with E-state index in [9.17, 15) is 0 Å². The van der Waals surface area contributed by atoms with Crippen LogP contribution in [0.3, 0.4) is 0 Å². The Labute approximate surface area is 148 Å². The number of hydrogen-bond donors (Lipinski definition) is 0. The van der Waals surface area contributed by atoms with Gasteiger partial charge in [0.15, 0.2) is 0 Å². The molecule has 1 aliphatic rings. The Bertz CT molecular complexity index is 519. The minimum Gasteiger partial charge on any atom is -0.462 e. The van der Waals surface area contributed by atoms with E-state index < -0.39 is 11.8 Å². The molecular formula is C16H23Cl3O2Si. The third kappa shape index (κ3) is 4.78. The molecule has 0 saturated heterocycles. The Kier molecular flexibility index (Phi) is 6.12. The molecule has 0 spiro atoms. The van der Waals surface area contributed by atoms with Crippen LogP contribution >= 0.6 is 33.2 Å². The fraction of sp³-hybridized carbons (Fsp3) is 0.625. The topological polar surface area (TPSA) is 18.5 Å². The lowest BCUT2D eigenvalue weighted by Crippen LogP contribution is -2.44. The van der Waals surface area contributed by atoms with Gasteiger partial charge in [-0.15, -0.1) is 33.2 Å². The summed E-state index contributed by atoms with van der Waals surface area (Å²) < 4.78 is 12.1. The molecule has 0 bridgehead atoms. The van der Waals surface area contributed by atoms with Crippen LogP contribution in [0.4, 0.5) is 0 Å². The highest BCUT2D eigenvalue weighted by Gasteiger charge is 2.37. The van der Waals surface area contributed by atoms with E-state index in [1.807, 2.05) is 13.0 Å². The van der Waals surface area contributed by atoms with Gasteiger partial charge >= 0.3 is 6.00 Å². The molecule has 1 aromatic carbocycles. The van der Waals surface area contributed by atoms with E-state index in [4.69, 9.17) is 42.7 Å². The average Bonchev–Trinajstić information content (AvgIpc) is 2.45. The van der Waals surface area contributed by atoms with E-state index in [1.54, 1.807) is 0 Å². The standard InChI is InChI=1S/C16H23Cl3O2Si/c1-4-12(2)16(3)20-11-14-10-13(7-8-15(14)21-16)6-5-9-22(17,18)19/h7-8,10,12H,4-6,9,11H2,1-3H3. The molecule has 2 nitrogen and oxygen atoms in total. The predicted octanol–water partition coefficient (Wildman–Crippen LogP) is 5.95. The fourth-order valence-corrected chi connectivity index (χ4v) is 4.36. The minimum atomic E-state index is -2.51. The van der Waals surface area contributed by atoms with E-state index in [2.05, 4.69) is 26.0 Å². The predicted molar refractivity (Wildman–Crippen MR) is 96.2 cm³/mol. The normalized spacial score (nSPS) is 22.8. The van der Waals surface area contributed by atoms with Gasteiger partial charge in [0, 0.05) is 18.4 Å². The number of rotatable bonds is 6. The Morgan fingerprint density at radius 3 is 2.68 bits per heavy atom. The lowest BCUT2D eigenvalue weighted by atomic mass is 9.97. The first kappa shape index (κ1) is 18.4. The van der Waals surface area contributed by atoms with Gasteiger partial charge in [-0.2, -0.15) is 0 Å². The van der Waals surface area contributed by atoms with E-state index in [0.29, 0.717) is 18.6 Å². The summed E-state index contributed by atoms with van der Waals surface area (Å²) in [5.74, 6) is 0.729. The quantitative estimate of drug-likeness (QED) is 0.448. The second-order valence-corrected chi connectivity index (χ2v) is 15.4. The van der Waals surface area contributed by atoms with Gasteiger partial charge in [-0.25, -0.2) is 0 Å². The summed E-state index contributed by atoms with van der Waals surface area (Å²) >= 11 is 17.8. The molecule has 124 valence electrons. The molecule has 22 heavy (non-hydrogen) atoms. The maximum absolute atomic E-state index is 6.11. The molecule has 0 aliphatic carbocycles. The van der Waals surface area contributed by atoms with Crippen LogP contribution < -0.4 is 4.74 Å². The van der Waals surface area contributed by atoms with Crippen molar-refractivity contribution in [1.82, 2.24) is 0 Å². The second-order valence-electron chi connectivity index (χ2n) is 6.13. The van der Waals surface area contributed by atoms with Crippen LogP contribution in [0.25, 0.3) is 0 Å². The number of ether oxygens (including phenoxy) is 2. The maximum Gasteiger partial charge on any atom is 0.341 e. The first-order valence-electron chi connectivity index (χ1n) is 7.75. The van der Waals surface area contributed by atoms with Crippen LogP contribution in [0.5, 0.6) is 5.75 Å². The summed E-state index contributed by atoms with van der Waals surface area (Å²) in [4.78, 5) is 0. The molecule has 0 radical (unpaired) electrons. The molecule has 1 heterocycles. The van der Waals surface area contributed by atoms with E-state index in [1.165, 1.54) is 5.56 Å². The zero-order chi connectivity index (χ0) is 16.4. The lowest BCUT2D eigenvalue weighted by Gasteiger charge is -2.39. The summed E-state index contributed by atoms with van der Waals surface area (Å²) in [5.41, 5.74) is 2.34. The largest absolute Gasteiger partial charge is 0.462 e. The number of aryl methyl sites for hydroxylation is 1. The monoisotopic (exact) mass is 380 g/mol. The van der Waals surface area contributed by atoms with Crippen molar-refractivity contribution in [3.8, 4) is 5.75 Å². The maximum atomic E-state index is 6.11. The summed E-state index contributed by atoms with van der Waals surface area (Å²) in [5, 5.41) is 0. The first-order valence-corrected chi connectivity index (χ1v) is 13.0. The fourth-order valence-electron chi connectivity index (χ4n) is 2.58. The zero-order valence-electron chi connectivity index (χ0n) is 13.3. The smallest absolute Gasteiger partial charge is 0.341 e. The van der Waals surface area contributed by atoms with Gasteiger partial charge in [-0.1, -0.05) is 19.9 Å². The number of halogens is 3. The van der Waals surface area contributed by atoms with Gasteiger partial charge in [0.2, 0.25) is 5.79 Å². The van der Waals surface area contributed by atoms with Gasteiger partial charge in [-0.05, 0) is 43.0 Å². The van der Waals surface area contributed by atoms with E-state index >= 15 is 0 Å². The van der Waals surface area contributed by atoms with Crippen molar-refractivity contribution in [2.24, 2.45) is 5.92 Å². The van der Waals surface area contributed by atoms with Crippen molar-refractivity contribution in [2.75, 3.05) is 0 Å². The lowest BCUT2D eigenvalue weighted by molar-refractivity contribution is -0.223. The molecule has 1 aromatic rings. The van der Waals surface area contributed by atoms with Gasteiger partial charge in [0.05, 0.1) is 6.61 Å². The highest BCUT2D eigenvalue weighted by Crippen LogP contribution is 2.37. The SMILES string of the molecule is CCC(C)C1(C)OCc2cc(CCC[Si](Cl)(Cl)Cl)ccc2O1. The van der Waals surface area contributed by atoms with Crippen LogP contribution in [0.1, 0.15) is 44.7 Å². The molecule has 0 aromatic heterocycles. The average molecular weight is 382 g/mol. The first-order chi connectivity index (χ1) is 10.2. The van der Waals surface area contributed by atoms with Gasteiger partial charge < -0.3 is 9.47 Å². The van der Waals surface area contributed by atoms with Gasteiger partial charge in [-0.3, -0.25) is 0 Å².